The summed E-state index contributed by atoms with van der Waals surface area (Å²) in [5.74, 6) is -0.792. The van der Waals surface area contributed by atoms with E-state index >= 15 is 0 Å². The predicted molar refractivity (Wildman–Crippen MR) is 100 cm³/mol. The third-order valence-electron chi connectivity index (χ3n) is 4.48. The Morgan fingerprint density at radius 1 is 0.867 bits per heavy atom. The zero-order valence-electron chi connectivity index (χ0n) is 15.5. The lowest BCUT2D eigenvalue weighted by molar-refractivity contribution is -0.143. The van der Waals surface area contributed by atoms with Crippen LogP contribution in [0.3, 0.4) is 0 Å². The minimum atomic E-state index is -5.02. The summed E-state index contributed by atoms with van der Waals surface area (Å²) in [5, 5.41) is 0.260. The molecule has 1 aliphatic rings. The molecule has 1 aliphatic heterocycles. The topological polar surface area (TPSA) is 49.4 Å². The summed E-state index contributed by atoms with van der Waals surface area (Å²) in [6, 6.07) is 5.74. The van der Waals surface area contributed by atoms with E-state index < -0.39 is 45.7 Å². The average Bonchev–Trinajstić information content (AvgIpc) is 2.89. The number of hydrogen-bond acceptors (Lipinski definition) is 4. The highest BCUT2D eigenvalue weighted by molar-refractivity contribution is 8.16. The Hall–Kier alpha value is -2.69. The molecular formula is C19H14F6N2O2S. The van der Waals surface area contributed by atoms with Crippen LogP contribution in [0.1, 0.15) is 22.3 Å². The molecule has 0 bridgehead atoms. The van der Waals surface area contributed by atoms with Gasteiger partial charge in [0.1, 0.15) is 0 Å². The number of thioether (sulfide) groups is 1. The van der Waals surface area contributed by atoms with E-state index in [1.165, 1.54) is 6.07 Å². The number of nitrogens with zero attached hydrogens (tertiary/aromatic N) is 1. The number of anilines is 2. The first-order valence-electron chi connectivity index (χ1n) is 8.45. The first-order chi connectivity index (χ1) is 13.8. The van der Waals surface area contributed by atoms with Gasteiger partial charge in [0.05, 0.1) is 16.8 Å². The van der Waals surface area contributed by atoms with Crippen LogP contribution in [0, 0.1) is 13.8 Å². The molecule has 1 atom stereocenters. The summed E-state index contributed by atoms with van der Waals surface area (Å²) in [4.78, 5) is 25.8. The molecule has 4 nitrogen and oxygen atoms in total. The van der Waals surface area contributed by atoms with E-state index in [0.717, 1.165) is 16.0 Å². The van der Waals surface area contributed by atoms with Crippen molar-refractivity contribution in [3.05, 3.63) is 58.7 Å². The maximum atomic E-state index is 13.0. The monoisotopic (exact) mass is 448 g/mol. The van der Waals surface area contributed by atoms with Gasteiger partial charge < -0.3 is 5.32 Å². The minimum Gasteiger partial charge on any atom is -0.365 e. The molecule has 1 saturated heterocycles. The van der Waals surface area contributed by atoms with E-state index in [1.54, 1.807) is 19.1 Å². The van der Waals surface area contributed by atoms with Gasteiger partial charge in [-0.15, -0.1) is 0 Å². The van der Waals surface area contributed by atoms with E-state index in [4.69, 9.17) is 0 Å². The fourth-order valence-electron chi connectivity index (χ4n) is 2.79. The molecular weight excluding hydrogens is 434 g/mol. The Morgan fingerprint density at radius 2 is 1.43 bits per heavy atom. The van der Waals surface area contributed by atoms with Crippen LogP contribution in [0.2, 0.25) is 0 Å². The third-order valence-corrected chi connectivity index (χ3v) is 5.42. The molecule has 0 aliphatic carbocycles. The number of halogens is 6. The van der Waals surface area contributed by atoms with Crippen LogP contribution in [0.25, 0.3) is 0 Å². The highest BCUT2D eigenvalue weighted by atomic mass is 32.2. The second kappa shape index (κ2) is 7.53. The normalized spacial score (nSPS) is 17.6. The lowest BCUT2D eigenvalue weighted by atomic mass is 10.1. The average molecular weight is 448 g/mol. The molecule has 0 aromatic heterocycles. The first kappa shape index (κ1) is 22.0. The van der Waals surface area contributed by atoms with Crippen molar-refractivity contribution in [2.75, 3.05) is 10.2 Å². The zero-order chi connectivity index (χ0) is 22.4. The fraction of sp³-hybridized carbons (Fsp3) is 0.263. The molecule has 1 heterocycles. The molecule has 2 amide bonds. The van der Waals surface area contributed by atoms with Crippen LogP contribution < -0.4 is 10.2 Å². The van der Waals surface area contributed by atoms with Crippen LogP contribution in [0.4, 0.5) is 42.5 Å². The Morgan fingerprint density at radius 3 is 1.93 bits per heavy atom. The summed E-state index contributed by atoms with van der Waals surface area (Å²) in [5.41, 5.74) is -1.62. The van der Waals surface area contributed by atoms with Crippen LogP contribution >= 0.6 is 11.8 Å². The molecule has 1 unspecified atom stereocenters. The summed E-state index contributed by atoms with van der Waals surface area (Å²) in [6.45, 7) is 3.60. The molecule has 0 spiro atoms. The maximum Gasteiger partial charge on any atom is 0.416 e. The number of carbonyl (C=O) groups is 2. The number of hydrogen-bond donors (Lipinski definition) is 1. The van der Waals surface area contributed by atoms with Gasteiger partial charge in [-0.2, -0.15) is 26.3 Å². The van der Waals surface area contributed by atoms with Crippen molar-refractivity contribution in [2.45, 2.75) is 31.6 Å². The number of benzene rings is 2. The van der Waals surface area contributed by atoms with E-state index in [-0.39, 0.29) is 11.8 Å². The van der Waals surface area contributed by atoms with E-state index in [0.29, 0.717) is 23.9 Å². The zero-order valence-corrected chi connectivity index (χ0v) is 16.3. The van der Waals surface area contributed by atoms with Crippen molar-refractivity contribution in [1.82, 2.24) is 0 Å². The molecule has 0 radical (unpaired) electrons. The van der Waals surface area contributed by atoms with Crippen LogP contribution in [-0.2, 0) is 17.1 Å². The summed E-state index contributed by atoms with van der Waals surface area (Å²) in [7, 11) is 0. The number of carbonyl (C=O) groups excluding carboxylic acids is 2. The molecule has 0 saturated carbocycles. The van der Waals surface area contributed by atoms with Crippen LogP contribution in [-0.4, -0.2) is 16.5 Å². The van der Waals surface area contributed by atoms with Gasteiger partial charge >= 0.3 is 12.4 Å². The fourth-order valence-corrected chi connectivity index (χ4v) is 3.69. The molecule has 1 N–H and O–H groups in total. The maximum absolute atomic E-state index is 13.0. The second-order valence-corrected chi connectivity index (χ2v) is 7.70. The first-order valence-corrected chi connectivity index (χ1v) is 9.33. The molecule has 160 valence electrons. The van der Waals surface area contributed by atoms with Gasteiger partial charge in [-0.3, -0.25) is 9.59 Å². The van der Waals surface area contributed by atoms with E-state index in [9.17, 15) is 35.9 Å². The van der Waals surface area contributed by atoms with Crippen molar-refractivity contribution in [3.63, 3.8) is 0 Å². The molecule has 3 rings (SSSR count). The van der Waals surface area contributed by atoms with Crippen molar-refractivity contribution < 1.29 is 35.9 Å². The van der Waals surface area contributed by atoms with Gasteiger partial charge in [-0.05, 0) is 67.1 Å². The number of rotatable bonds is 3. The molecule has 2 aromatic carbocycles. The lowest BCUT2D eigenvalue weighted by Gasteiger charge is -2.18. The highest BCUT2D eigenvalue weighted by Crippen LogP contribution is 2.39. The number of nitrogens with one attached hydrogen (secondary N) is 1. The minimum absolute atomic E-state index is 0.0126. The smallest absolute Gasteiger partial charge is 0.365 e. The van der Waals surface area contributed by atoms with Crippen LogP contribution in [0.15, 0.2) is 36.4 Å². The van der Waals surface area contributed by atoms with Crippen molar-refractivity contribution >= 4 is 34.3 Å². The largest absolute Gasteiger partial charge is 0.416 e. The van der Waals surface area contributed by atoms with Gasteiger partial charge in [0.2, 0.25) is 0 Å². The molecule has 2 aromatic rings. The van der Waals surface area contributed by atoms with E-state index in [2.05, 4.69) is 5.32 Å². The predicted octanol–water partition coefficient (Wildman–Crippen LogP) is 5.98. The van der Waals surface area contributed by atoms with Crippen LogP contribution in [0.5, 0.6) is 0 Å². The Kier molecular flexibility index (Phi) is 5.52. The Labute approximate surface area is 171 Å². The SMILES string of the molecule is Cc1ccc(N2C(=O)SC(Nc3cc(C(F)(F)F)cc(C(F)(F)F)c3)C2=O)cc1C. The number of aryl methyl sites for hydroxylation is 2. The number of alkyl halides is 6. The number of imide groups is 1. The molecule has 11 heteroatoms. The van der Waals surface area contributed by atoms with Gasteiger partial charge in [0.15, 0.2) is 5.37 Å². The van der Waals surface area contributed by atoms with Crippen molar-refractivity contribution in [2.24, 2.45) is 0 Å². The molecule has 30 heavy (non-hydrogen) atoms. The van der Waals surface area contributed by atoms with Gasteiger partial charge in [0, 0.05) is 5.69 Å². The Balaban J connectivity index is 1.92. The quantitative estimate of drug-likeness (QED) is 0.587. The second-order valence-electron chi connectivity index (χ2n) is 6.64. The highest BCUT2D eigenvalue weighted by Gasteiger charge is 2.42. The lowest BCUT2D eigenvalue weighted by Crippen LogP contribution is -2.34. The standard InChI is InChI=1S/C19H14F6N2O2S/c1-9-3-4-14(5-10(9)2)27-16(28)15(30-17(27)29)26-13-7-11(18(20,21)22)6-12(8-13)19(23,24)25/h3-8,15,26H,1-2H3. The molecule has 1 fully saturated rings. The third kappa shape index (κ3) is 4.40. The Bertz CT molecular complexity index is 987. The van der Waals surface area contributed by atoms with Crippen molar-refractivity contribution in [1.29, 1.82) is 0 Å². The van der Waals surface area contributed by atoms with Gasteiger partial charge in [-0.25, -0.2) is 4.90 Å². The number of amides is 2. The summed E-state index contributed by atoms with van der Waals surface area (Å²) >= 11 is 0.472. The van der Waals surface area contributed by atoms with Gasteiger partial charge in [0.25, 0.3) is 11.1 Å². The summed E-state index contributed by atoms with van der Waals surface area (Å²) < 4.78 is 78.1. The summed E-state index contributed by atoms with van der Waals surface area (Å²) in [6.07, 6.45) is -10.0. The van der Waals surface area contributed by atoms with Gasteiger partial charge in [-0.1, -0.05) is 6.07 Å². The van der Waals surface area contributed by atoms with Crippen molar-refractivity contribution in [3.8, 4) is 0 Å². The van der Waals surface area contributed by atoms with E-state index in [1.807, 2.05) is 6.92 Å².